The summed E-state index contributed by atoms with van der Waals surface area (Å²) < 4.78 is 2.22. The molecular formula is C15H12BrN3O2. The molecule has 0 N–H and O–H groups in total. The second-order valence-corrected chi connectivity index (χ2v) is 5.59. The van der Waals surface area contributed by atoms with Crippen molar-refractivity contribution in [3.05, 3.63) is 52.0 Å². The van der Waals surface area contributed by atoms with Gasteiger partial charge in [-0.1, -0.05) is 15.9 Å². The van der Waals surface area contributed by atoms with Gasteiger partial charge in [-0.05, 0) is 30.7 Å². The summed E-state index contributed by atoms with van der Waals surface area (Å²) in [6, 6.07) is 6.89. The van der Waals surface area contributed by atoms with Crippen LogP contribution in [0.25, 0.3) is 0 Å². The van der Waals surface area contributed by atoms with E-state index >= 15 is 0 Å². The maximum absolute atomic E-state index is 12.4. The van der Waals surface area contributed by atoms with Crippen molar-refractivity contribution < 1.29 is 9.59 Å². The number of hydrogen-bond acceptors (Lipinski definition) is 4. The summed E-state index contributed by atoms with van der Waals surface area (Å²) in [7, 11) is 1.64. The largest absolute Gasteiger partial charge is 0.332 e. The van der Waals surface area contributed by atoms with E-state index in [1.54, 1.807) is 31.4 Å². The topological polar surface area (TPSA) is 75.8 Å². The molecule has 106 valence electrons. The quantitative estimate of drug-likeness (QED) is 0.630. The van der Waals surface area contributed by atoms with Gasteiger partial charge in [0.1, 0.15) is 0 Å². The molecule has 0 fully saturated rings. The normalized spacial score (nSPS) is 11.7. The first-order valence-corrected chi connectivity index (χ1v) is 6.96. The summed E-state index contributed by atoms with van der Waals surface area (Å²) in [5.41, 5.74) is 1.20. The summed E-state index contributed by atoms with van der Waals surface area (Å²) in [5.74, 6) is -2.40. The highest BCUT2D eigenvalue weighted by atomic mass is 79.9. The first-order valence-electron chi connectivity index (χ1n) is 6.16. The number of carbonyl (C=O) groups excluding carboxylic acids is 2. The van der Waals surface area contributed by atoms with E-state index in [0.29, 0.717) is 5.56 Å². The van der Waals surface area contributed by atoms with E-state index in [4.69, 9.17) is 0 Å². The summed E-state index contributed by atoms with van der Waals surface area (Å²) in [4.78, 5) is 28.6. The number of hydrogen-bond donors (Lipinski definition) is 0. The minimum atomic E-state index is -1.39. The van der Waals surface area contributed by atoms with Crippen LogP contribution in [-0.4, -0.2) is 21.1 Å². The minimum absolute atomic E-state index is 0.0987. The lowest BCUT2D eigenvalue weighted by Crippen LogP contribution is -2.25. The SMILES string of the molecule is Cc1cc(Br)cc(C(=O)[C@H](C#N)C(=O)c2nccn2C)c1. The van der Waals surface area contributed by atoms with Gasteiger partial charge in [0.25, 0.3) is 0 Å². The highest BCUT2D eigenvalue weighted by Crippen LogP contribution is 2.19. The average molecular weight is 346 g/mol. The molecular weight excluding hydrogens is 334 g/mol. The summed E-state index contributed by atoms with van der Waals surface area (Å²) in [5, 5.41) is 9.22. The number of nitrogens with zero attached hydrogens (tertiary/aromatic N) is 3. The number of aryl methyl sites for hydroxylation is 2. The van der Waals surface area contributed by atoms with Crippen LogP contribution in [0.1, 0.15) is 26.5 Å². The maximum Gasteiger partial charge on any atom is 0.223 e. The smallest absolute Gasteiger partial charge is 0.223 e. The van der Waals surface area contributed by atoms with E-state index in [1.807, 2.05) is 13.0 Å². The highest BCUT2D eigenvalue weighted by Gasteiger charge is 2.31. The molecule has 1 atom stereocenters. The Hall–Kier alpha value is -2.26. The lowest BCUT2D eigenvalue weighted by Gasteiger charge is -2.08. The van der Waals surface area contributed by atoms with E-state index in [2.05, 4.69) is 20.9 Å². The Morgan fingerprint density at radius 3 is 2.57 bits per heavy atom. The van der Waals surface area contributed by atoms with Gasteiger partial charge >= 0.3 is 0 Å². The van der Waals surface area contributed by atoms with Gasteiger partial charge in [-0.25, -0.2) is 4.98 Å². The molecule has 0 saturated carbocycles. The third-order valence-electron chi connectivity index (χ3n) is 3.02. The molecule has 1 aromatic carbocycles. The second kappa shape index (κ2) is 6.02. The Balaban J connectivity index is 2.38. The van der Waals surface area contributed by atoms with Gasteiger partial charge in [0, 0.05) is 29.5 Å². The van der Waals surface area contributed by atoms with Gasteiger partial charge in [-0.2, -0.15) is 5.26 Å². The Morgan fingerprint density at radius 2 is 2.05 bits per heavy atom. The van der Waals surface area contributed by atoms with E-state index < -0.39 is 17.5 Å². The summed E-state index contributed by atoms with van der Waals surface area (Å²) in [6.07, 6.45) is 3.05. The van der Waals surface area contributed by atoms with Crippen LogP contribution in [0.5, 0.6) is 0 Å². The number of ketones is 2. The van der Waals surface area contributed by atoms with Gasteiger partial charge < -0.3 is 4.57 Å². The fourth-order valence-electron chi connectivity index (χ4n) is 2.01. The van der Waals surface area contributed by atoms with Gasteiger partial charge in [0.2, 0.25) is 5.78 Å². The molecule has 0 bridgehead atoms. The number of nitriles is 1. The van der Waals surface area contributed by atoms with Crippen molar-refractivity contribution in [2.75, 3.05) is 0 Å². The van der Waals surface area contributed by atoms with Crippen molar-refractivity contribution in [1.82, 2.24) is 9.55 Å². The zero-order valence-electron chi connectivity index (χ0n) is 11.5. The molecule has 0 amide bonds. The Kier molecular flexibility index (Phi) is 4.34. The molecule has 0 radical (unpaired) electrons. The molecule has 1 heterocycles. The standard InChI is InChI=1S/C15H12BrN3O2/c1-9-5-10(7-11(16)6-9)13(20)12(8-17)14(21)15-18-3-4-19(15)2/h3-7,12H,1-2H3/t12-/m0/s1. The molecule has 0 aliphatic rings. The zero-order valence-corrected chi connectivity index (χ0v) is 13.1. The third kappa shape index (κ3) is 3.09. The number of carbonyl (C=O) groups is 2. The summed E-state index contributed by atoms with van der Waals surface area (Å²) >= 11 is 3.30. The van der Waals surface area contributed by atoms with Gasteiger partial charge in [-0.15, -0.1) is 0 Å². The predicted octanol–water partition coefficient (Wildman–Crippen LogP) is 2.70. The monoisotopic (exact) mass is 345 g/mol. The van der Waals surface area contributed by atoms with Crippen LogP contribution in [0.3, 0.4) is 0 Å². The Labute approximate surface area is 130 Å². The first kappa shape index (κ1) is 15.1. The van der Waals surface area contributed by atoms with E-state index in [1.165, 1.54) is 10.8 Å². The van der Waals surface area contributed by atoms with Crippen molar-refractivity contribution in [3.63, 3.8) is 0 Å². The van der Waals surface area contributed by atoms with Crippen LogP contribution >= 0.6 is 15.9 Å². The number of halogens is 1. The molecule has 5 nitrogen and oxygen atoms in total. The first-order chi connectivity index (χ1) is 9.93. The maximum atomic E-state index is 12.4. The van der Waals surface area contributed by atoms with Gasteiger partial charge in [0.05, 0.1) is 6.07 Å². The van der Waals surface area contributed by atoms with Crippen molar-refractivity contribution in [2.45, 2.75) is 6.92 Å². The molecule has 0 saturated heterocycles. The predicted molar refractivity (Wildman–Crippen MR) is 79.9 cm³/mol. The summed E-state index contributed by atoms with van der Waals surface area (Å²) in [6.45, 7) is 1.84. The molecule has 21 heavy (non-hydrogen) atoms. The van der Waals surface area contributed by atoms with Crippen LogP contribution in [0.4, 0.5) is 0 Å². The number of benzene rings is 1. The molecule has 1 aromatic heterocycles. The minimum Gasteiger partial charge on any atom is -0.332 e. The Bertz CT molecular complexity index is 738. The lowest BCUT2D eigenvalue weighted by molar-refractivity contribution is 0.0838. The van der Waals surface area contributed by atoms with E-state index in [-0.39, 0.29) is 5.82 Å². The molecule has 2 aromatic rings. The Morgan fingerprint density at radius 1 is 1.33 bits per heavy atom. The van der Waals surface area contributed by atoms with Gasteiger partial charge in [0.15, 0.2) is 17.5 Å². The molecule has 0 unspecified atom stereocenters. The number of imidazole rings is 1. The third-order valence-corrected chi connectivity index (χ3v) is 3.48. The number of aromatic nitrogens is 2. The van der Waals surface area contributed by atoms with Crippen molar-refractivity contribution >= 4 is 27.5 Å². The van der Waals surface area contributed by atoms with Crippen LogP contribution in [-0.2, 0) is 7.05 Å². The molecule has 2 rings (SSSR count). The fraction of sp³-hybridized carbons (Fsp3) is 0.200. The van der Waals surface area contributed by atoms with Crippen LogP contribution in [0.15, 0.2) is 35.1 Å². The van der Waals surface area contributed by atoms with Crippen molar-refractivity contribution in [2.24, 2.45) is 13.0 Å². The molecule has 0 aliphatic carbocycles. The second-order valence-electron chi connectivity index (χ2n) is 4.67. The fourth-order valence-corrected chi connectivity index (χ4v) is 2.62. The van der Waals surface area contributed by atoms with Crippen molar-refractivity contribution in [3.8, 4) is 6.07 Å². The van der Waals surface area contributed by atoms with Crippen LogP contribution in [0.2, 0.25) is 0 Å². The van der Waals surface area contributed by atoms with Crippen LogP contribution in [0, 0.1) is 24.2 Å². The molecule has 0 aliphatic heterocycles. The average Bonchev–Trinajstić information content (AvgIpc) is 2.84. The highest BCUT2D eigenvalue weighted by molar-refractivity contribution is 9.10. The van der Waals surface area contributed by atoms with Gasteiger partial charge in [-0.3, -0.25) is 9.59 Å². The van der Waals surface area contributed by atoms with E-state index in [9.17, 15) is 14.9 Å². The van der Waals surface area contributed by atoms with Crippen molar-refractivity contribution in [1.29, 1.82) is 5.26 Å². The molecule has 6 heteroatoms. The lowest BCUT2D eigenvalue weighted by atomic mass is 9.93. The molecule has 0 spiro atoms. The number of rotatable bonds is 4. The number of Topliss-reactive ketones (excluding diaryl/α,β-unsaturated/α-hetero) is 2. The van der Waals surface area contributed by atoms with E-state index in [0.717, 1.165) is 10.0 Å². The van der Waals surface area contributed by atoms with Crippen LogP contribution < -0.4 is 0 Å². The zero-order chi connectivity index (χ0) is 15.6.